The van der Waals surface area contributed by atoms with Gasteiger partial charge in [0.05, 0.1) is 11.6 Å². The van der Waals surface area contributed by atoms with E-state index in [0.717, 1.165) is 19.4 Å². The van der Waals surface area contributed by atoms with Gasteiger partial charge >= 0.3 is 0 Å². The molecule has 1 amide bonds. The fourth-order valence-electron chi connectivity index (χ4n) is 2.50. The zero-order valence-corrected chi connectivity index (χ0v) is 13.0. The highest BCUT2D eigenvalue weighted by molar-refractivity contribution is 5.94. The molecular weight excluding hydrogens is 286 g/mol. The molecule has 1 aliphatic rings. The molecule has 1 aromatic rings. The largest absolute Gasteiger partial charge is 0.352 e. The van der Waals surface area contributed by atoms with E-state index in [-0.39, 0.29) is 18.3 Å². The maximum Gasteiger partial charge on any atom is 0.251 e. The molecule has 1 aliphatic heterocycles. The Balaban J connectivity index is 0.00000220. The molecule has 0 aromatic heterocycles. The predicted molar refractivity (Wildman–Crippen MR) is 85.6 cm³/mol. The van der Waals surface area contributed by atoms with Crippen LogP contribution >= 0.6 is 12.4 Å². The van der Waals surface area contributed by atoms with Gasteiger partial charge in [-0.05, 0) is 63.5 Å². The first kappa shape index (κ1) is 17.5. The summed E-state index contributed by atoms with van der Waals surface area (Å²) in [4.78, 5) is 14.4. The molecule has 21 heavy (non-hydrogen) atoms. The van der Waals surface area contributed by atoms with Crippen molar-refractivity contribution in [1.29, 1.82) is 5.26 Å². The van der Waals surface area contributed by atoms with Gasteiger partial charge in [-0.25, -0.2) is 0 Å². The van der Waals surface area contributed by atoms with Crippen LogP contribution in [0, 0.1) is 11.3 Å². The Morgan fingerprint density at radius 3 is 2.76 bits per heavy atom. The monoisotopic (exact) mass is 307 g/mol. The first-order chi connectivity index (χ1) is 9.79. The lowest BCUT2D eigenvalue weighted by molar-refractivity contribution is 0.0952. The molecule has 5 heteroatoms. The summed E-state index contributed by atoms with van der Waals surface area (Å²) in [5, 5.41) is 11.7. The number of carbonyl (C=O) groups is 1. The van der Waals surface area contributed by atoms with Crippen LogP contribution in [0.3, 0.4) is 0 Å². The normalized spacial score (nSPS) is 14.2. The van der Waals surface area contributed by atoms with Crippen molar-refractivity contribution in [2.24, 2.45) is 0 Å². The van der Waals surface area contributed by atoms with Gasteiger partial charge in [0.25, 0.3) is 5.91 Å². The van der Waals surface area contributed by atoms with Crippen molar-refractivity contribution in [1.82, 2.24) is 10.2 Å². The summed E-state index contributed by atoms with van der Waals surface area (Å²) in [6, 6.07) is 8.84. The fraction of sp³-hybridized carbons (Fsp3) is 0.500. The van der Waals surface area contributed by atoms with Crippen molar-refractivity contribution in [3.8, 4) is 6.07 Å². The summed E-state index contributed by atoms with van der Waals surface area (Å²) in [5.74, 6) is -0.0942. The predicted octanol–water partition coefficient (Wildman–Crippen LogP) is 2.59. The summed E-state index contributed by atoms with van der Waals surface area (Å²) in [6.07, 6.45) is 4.77. The molecule has 1 N–H and O–H groups in total. The van der Waals surface area contributed by atoms with Gasteiger partial charge in [0.2, 0.25) is 0 Å². The third kappa shape index (κ3) is 5.74. The molecule has 1 saturated heterocycles. The number of unbranched alkanes of at least 4 members (excludes halogenated alkanes) is 1. The van der Waals surface area contributed by atoms with E-state index < -0.39 is 0 Å². The van der Waals surface area contributed by atoms with Gasteiger partial charge in [0, 0.05) is 12.1 Å². The van der Waals surface area contributed by atoms with Crippen molar-refractivity contribution in [3.05, 3.63) is 35.4 Å². The first-order valence-electron chi connectivity index (χ1n) is 7.30. The second-order valence-corrected chi connectivity index (χ2v) is 5.20. The number of nitrogens with zero attached hydrogens (tertiary/aromatic N) is 2. The lowest BCUT2D eigenvalue weighted by Gasteiger charge is -2.14. The van der Waals surface area contributed by atoms with Gasteiger partial charge in [0.1, 0.15) is 0 Å². The average molecular weight is 308 g/mol. The van der Waals surface area contributed by atoms with Crippen molar-refractivity contribution in [2.45, 2.75) is 25.7 Å². The van der Waals surface area contributed by atoms with Gasteiger partial charge in [-0.2, -0.15) is 5.26 Å². The molecule has 0 spiro atoms. The molecule has 114 valence electrons. The van der Waals surface area contributed by atoms with Crippen molar-refractivity contribution in [2.75, 3.05) is 26.2 Å². The number of benzene rings is 1. The smallest absolute Gasteiger partial charge is 0.251 e. The summed E-state index contributed by atoms with van der Waals surface area (Å²) in [5.41, 5.74) is 1.08. The third-order valence-electron chi connectivity index (χ3n) is 3.64. The second kappa shape index (κ2) is 9.38. The number of halogens is 1. The van der Waals surface area contributed by atoms with Gasteiger partial charge in [-0.3, -0.25) is 4.79 Å². The minimum absolute atomic E-state index is 0. The molecule has 0 saturated carbocycles. The van der Waals surface area contributed by atoms with Crippen LogP contribution < -0.4 is 5.32 Å². The molecule has 0 aliphatic carbocycles. The fourth-order valence-corrected chi connectivity index (χ4v) is 2.50. The highest BCUT2D eigenvalue weighted by Crippen LogP contribution is 2.08. The Labute approximate surface area is 132 Å². The maximum atomic E-state index is 11.9. The van der Waals surface area contributed by atoms with Gasteiger partial charge in [0.15, 0.2) is 0 Å². The van der Waals surface area contributed by atoms with Gasteiger partial charge in [-0.1, -0.05) is 6.07 Å². The van der Waals surface area contributed by atoms with Crippen LogP contribution in [0.15, 0.2) is 24.3 Å². The Morgan fingerprint density at radius 1 is 1.29 bits per heavy atom. The van der Waals surface area contributed by atoms with Crippen LogP contribution in [0.4, 0.5) is 0 Å². The number of amides is 1. The Morgan fingerprint density at radius 2 is 2.05 bits per heavy atom. The quantitative estimate of drug-likeness (QED) is 0.822. The number of likely N-dealkylation sites (tertiary alicyclic amines) is 1. The van der Waals surface area contributed by atoms with Crippen LogP contribution in [0.2, 0.25) is 0 Å². The Hall–Kier alpha value is -1.57. The number of nitriles is 1. The standard InChI is InChI=1S/C16H21N3O.ClH/c17-13-14-6-5-7-15(12-14)16(20)18-8-1-2-9-19-10-3-4-11-19;/h5-7,12H,1-4,8-11H2,(H,18,20);1H. The van der Waals surface area contributed by atoms with Crippen molar-refractivity contribution in [3.63, 3.8) is 0 Å². The number of carbonyl (C=O) groups excluding carboxylic acids is 1. The summed E-state index contributed by atoms with van der Waals surface area (Å²) < 4.78 is 0. The number of hydrogen-bond acceptors (Lipinski definition) is 3. The molecule has 1 fully saturated rings. The van der Waals surface area contributed by atoms with Crippen LogP contribution in [0.1, 0.15) is 41.6 Å². The Bertz CT molecular complexity index is 493. The van der Waals surface area contributed by atoms with Crippen LogP contribution in [-0.4, -0.2) is 37.0 Å². The minimum atomic E-state index is -0.0942. The molecule has 1 heterocycles. The van der Waals surface area contributed by atoms with Crippen molar-refractivity contribution >= 4 is 18.3 Å². The maximum absolute atomic E-state index is 11.9. The molecule has 4 nitrogen and oxygen atoms in total. The summed E-state index contributed by atoms with van der Waals surface area (Å²) in [7, 11) is 0. The average Bonchev–Trinajstić information content (AvgIpc) is 3.00. The van der Waals surface area contributed by atoms with Crippen LogP contribution in [-0.2, 0) is 0 Å². The first-order valence-corrected chi connectivity index (χ1v) is 7.30. The van der Waals surface area contributed by atoms with Crippen LogP contribution in [0.5, 0.6) is 0 Å². The molecule has 2 rings (SSSR count). The SMILES string of the molecule is Cl.N#Cc1cccc(C(=O)NCCCCN2CCCC2)c1. The zero-order valence-electron chi connectivity index (χ0n) is 12.2. The summed E-state index contributed by atoms with van der Waals surface area (Å²) in [6.45, 7) is 4.30. The topological polar surface area (TPSA) is 56.1 Å². The van der Waals surface area contributed by atoms with Gasteiger partial charge in [-0.15, -0.1) is 12.4 Å². The van der Waals surface area contributed by atoms with E-state index in [2.05, 4.69) is 10.2 Å². The number of hydrogen-bond donors (Lipinski definition) is 1. The van der Waals surface area contributed by atoms with E-state index >= 15 is 0 Å². The van der Waals surface area contributed by atoms with E-state index in [1.807, 2.05) is 6.07 Å². The Kier molecular flexibility index (Phi) is 7.81. The molecule has 0 bridgehead atoms. The molecular formula is C16H22ClN3O. The van der Waals surface area contributed by atoms with E-state index in [1.165, 1.54) is 25.9 Å². The summed E-state index contributed by atoms with van der Waals surface area (Å²) >= 11 is 0. The lowest BCUT2D eigenvalue weighted by Crippen LogP contribution is -2.26. The minimum Gasteiger partial charge on any atom is -0.352 e. The highest BCUT2D eigenvalue weighted by atomic mass is 35.5. The zero-order chi connectivity index (χ0) is 14.2. The van der Waals surface area contributed by atoms with E-state index in [0.29, 0.717) is 17.7 Å². The molecule has 0 unspecified atom stereocenters. The molecule has 0 atom stereocenters. The van der Waals surface area contributed by atoms with Gasteiger partial charge < -0.3 is 10.2 Å². The van der Waals surface area contributed by atoms with Crippen LogP contribution in [0.25, 0.3) is 0 Å². The highest BCUT2D eigenvalue weighted by Gasteiger charge is 2.10. The van der Waals surface area contributed by atoms with E-state index in [9.17, 15) is 4.79 Å². The molecule has 1 aromatic carbocycles. The third-order valence-corrected chi connectivity index (χ3v) is 3.64. The van der Waals surface area contributed by atoms with E-state index in [1.54, 1.807) is 24.3 Å². The number of nitrogens with one attached hydrogen (secondary N) is 1. The molecule has 0 radical (unpaired) electrons. The van der Waals surface area contributed by atoms with Crippen molar-refractivity contribution < 1.29 is 4.79 Å². The van der Waals surface area contributed by atoms with E-state index in [4.69, 9.17) is 5.26 Å². The number of rotatable bonds is 6. The lowest BCUT2D eigenvalue weighted by atomic mass is 10.1. The second-order valence-electron chi connectivity index (χ2n) is 5.20.